The Bertz CT molecular complexity index is 1060. The molecule has 0 spiro atoms. The van der Waals surface area contributed by atoms with E-state index in [1.165, 1.54) is 16.9 Å². The number of carbonyl (C=O) groups is 1. The summed E-state index contributed by atoms with van der Waals surface area (Å²) in [6, 6.07) is 13.2. The molecule has 0 unspecified atom stereocenters. The fourth-order valence-corrected chi connectivity index (χ4v) is 3.14. The highest BCUT2D eigenvalue weighted by atomic mass is 32.1. The number of rotatable bonds is 6. The lowest BCUT2D eigenvalue weighted by Gasteiger charge is -2.05. The van der Waals surface area contributed by atoms with Crippen molar-refractivity contribution in [2.75, 3.05) is 5.32 Å². The molecular formula is C20H17N5O2S. The lowest BCUT2D eigenvalue weighted by Crippen LogP contribution is -2.13. The SMILES string of the molecule is Cc1ccc(OCc2nc(C(=O)Nc3ccc(-n4cccn4)nc3)cs2)cc1. The van der Waals surface area contributed by atoms with Gasteiger partial charge in [0.15, 0.2) is 5.82 Å². The van der Waals surface area contributed by atoms with Gasteiger partial charge in [0.05, 0.1) is 11.9 Å². The fourth-order valence-electron chi connectivity index (χ4n) is 2.46. The molecule has 0 radical (unpaired) electrons. The molecule has 4 rings (SSSR count). The summed E-state index contributed by atoms with van der Waals surface area (Å²) in [4.78, 5) is 21.0. The largest absolute Gasteiger partial charge is 0.486 e. The van der Waals surface area contributed by atoms with Crippen LogP contribution in [-0.4, -0.2) is 25.7 Å². The van der Waals surface area contributed by atoms with Gasteiger partial charge >= 0.3 is 0 Å². The summed E-state index contributed by atoms with van der Waals surface area (Å²) < 4.78 is 7.35. The van der Waals surface area contributed by atoms with Crippen molar-refractivity contribution in [3.8, 4) is 11.6 Å². The summed E-state index contributed by atoms with van der Waals surface area (Å²) in [7, 11) is 0. The van der Waals surface area contributed by atoms with E-state index in [1.807, 2.05) is 37.3 Å². The van der Waals surface area contributed by atoms with Gasteiger partial charge in [-0.25, -0.2) is 14.6 Å². The van der Waals surface area contributed by atoms with Gasteiger partial charge in [-0.2, -0.15) is 5.10 Å². The van der Waals surface area contributed by atoms with Crippen molar-refractivity contribution < 1.29 is 9.53 Å². The number of benzene rings is 1. The number of aromatic nitrogens is 4. The highest BCUT2D eigenvalue weighted by Crippen LogP contribution is 2.17. The highest BCUT2D eigenvalue weighted by Gasteiger charge is 2.12. The molecule has 0 aliphatic rings. The van der Waals surface area contributed by atoms with E-state index < -0.39 is 0 Å². The number of amides is 1. The Morgan fingerprint density at radius 3 is 2.79 bits per heavy atom. The molecule has 1 aromatic carbocycles. The van der Waals surface area contributed by atoms with Crippen LogP contribution in [0.4, 0.5) is 5.69 Å². The number of nitrogens with one attached hydrogen (secondary N) is 1. The normalized spacial score (nSPS) is 10.6. The summed E-state index contributed by atoms with van der Waals surface area (Å²) in [5, 5.41) is 9.36. The van der Waals surface area contributed by atoms with Crippen LogP contribution in [0.5, 0.6) is 5.75 Å². The van der Waals surface area contributed by atoms with Crippen LogP contribution in [0, 0.1) is 6.92 Å². The molecule has 8 heteroatoms. The Morgan fingerprint density at radius 1 is 1.21 bits per heavy atom. The third-order valence-electron chi connectivity index (χ3n) is 3.91. The smallest absolute Gasteiger partial charge is 0.275 e. The van der Waals surface area contributed by atoms with Crippen LogP contribution in [-0.2, 0) is 6.61 Å². The average molecular weight is 391 g/mol. The average Bonchev–Trinajstić information content (AvgIpc) is 3.40. The first-order valence-electron chi connectivity index (χ1n) is 8.59. The first-order valence-corrected chi connectivity index (χ1v) is 9.47. The zero-order valence-corrected chi connectivity index (χ0v) is 15.9. The predicted molar refractivity (Wildman–Crippen MR) is 107 cm³/mol. The van der Waals surface area contributed by atoms with Crippen LogP contribution in [0.15, 0.2) is 66.4 Å². The maximum atomic E-state index is 12.4. The zero-order valence-electron chi connectivity index (χ0n) is 15.1. The van der Waals surface area contributed by atoms with E-state index in [1.54, 1.807) is 40.8 Å². The van der Waals surface area contributed by atoms with Gasteiger partial charge in [0, 0.05) is 17.8 Å². The van der Waals surface area contributed by atoms with Crippen molar-refractivity contribution in [3.05, 3.63) is 82.7 Å². The van der Waals surface area contributed by atoms with Gasteiger partial charge in [0.2, 0.25) is 0 Å². The molecule has 3 heterocycles. The van der Waals surface area contributed by atoms with Gasteiger partial charge in [0.25, 0.3) is 5.91 Å². The number of hydrogen-bond donors (Lipinski definition) is 1. The first kappa shape index (κ1) is 17.9. The first-order chi connectivity index (χ1) is 13.7. The summed E-state index contributed by atoms with van der Waals surface area (Å²) in [5.41, 5.74) is 2.11. The minimum absolute atomic E-state index is 0.286. The van der Waals surface area contributed by atoms with Crippen LogP contribution < -0.4 is 10.1 Å². The highest BCUT2D eigenvalue weighted by molar-refractivity contribution is 7.09. The second-order valence-corrected chi connectivity index (χ2v) is 6.98. The summed E-state index contributed by atoms with van der Waals surface area (Å²) in [6.07, 6.45) is 5.07. The molecule has 3 aromatic heterocycles. The Labute approximate surface area is 165 Å². The van der Waals surface area contributed by atoms with Crippen molar-refractivity contribution in [2.24, 2.45) is 0 Å². The molecule has 0 fully saturated rings. The standard InChI is InChI=1S/C20H17N5O2S/c1-14-3-6-16(7-4-14)27-12-19-24-17(13-28-19)20(26)23-15-5-8-18(21-11-15)25-10-2-9-22-25/h2-11,13H,12H2,1H3,(H,23,26). The van der Waals surface area contributed by atoms with Gasteiger partial charge in [-0.1, -0.05) is 17.7 Å². The van der Waals surface area contributed by atoms with Gasteiger partial charge < -0.3 is 10.1 Å². The van der Waals surface area contributed by atoms with Crippen molar-refractivity contribution in [1.82, 2.24) is 19.7 Å². The molecule has 0 aliphatic carbocycles. The van der Waals surface area contributed by atoms with E-state index in [4.69, 9.17) is 4.74 Å². The third-order valence-corrected chi connectivity index (χ3v) is 4.73. The number of hydrogen-bond acceptors (Lipinski definition) is 6. The van der Waals surface area contributed by atoms with Crippen LogP contribution in [0.2, 0.25) is 0 Å². The molecule has 0 saturated carbocycles. The Hall–Kier alpha value is -3.52. The lowest BCUT2D eigenvalue weighted by molar-refractivity contribution is 0.102. The van der Waals surface area contributed by atoms with E-state index in [-0.39, 0.29) is 5.91 Å². The zero-order chi connectivity index (χ0) is 19.3. The maximum absolute atomic E-state index is 12.4. The van der Waals surface area contributed by atoms with Crippen LogP contribution in [0.25, 0.3) is 5.82 Å². The van der Waals surface area contributed by atoms with Crippen molar-refractivity contribution in [3.63, 3.8) is 0 Å². The summed E-state index contributed by atoms with van der Waals surface area (Å²) in [5.74, 6) is 1.16. The topological polar surface area (TPSA) is 81.9 Å². The Morgan fingerprint density at radius 2 is 2.07 bits per heavy atom. The summed E-state index contributed by atoms with van der Waals surface area (Å²) >= 11 is 1.39. The number of anilines is 1. The Kier molecular flexibility index (Phi) is 5.11. The number of aryl methyl sites for hydroxylation is 1. The summed E-state index contributed by atoms with van der Waals surface area (Å²) in [6.45, 7) is 2.34. The van der Waals surface area contributed by atoms with Crippen molar-refractivity contribution >= 4 is 22.9 Å². The molecular weight excluding hydrogens is 374 g/mol. The van der Waals surface area contributed by atoms with E-state index >= 15 is 0 Å². The molecule has 7 nitrogen and oxygen atoms in total. The molecule has 0 aliphatic heterocycles. The molecule has 4 aromatic rings. The maximum Gasteiger partial charge on any atom is 0.275 e. The van der Waals surface area contributed by atoms with E-state index in [9.17, 15) is 4.79 Å². The van der Waals surface area contributed by atoms with Gasteiger partial charge in [-0.3, -0.25) is 4.79 Å². The molecule has 1 N–H and O–H groups in total. The van der Waals surface area contributed by atoms with Gasteiger partial charge in [-0.05, 0) is 37.3 Å². The molecule has 0 saturated heterocycles. The van der Waals surface area contributed by atoms with Gasteiger partial charge in [-0.15, -0.1) is 11.3 Å². The molecule has 28 heavy (non-hydrogen) atoms. The van der Waals surface area contributed by atoms with Crippen LogP contribution in [0.1, 0.15) is 21.1 Å². The van der Waals surface area contributed by atoms with Crippen LogP contribution in [0.3, 0.4) is 0 Å². The van der Waals surface area contributed by atoms with Crippen LogP contribution >= 0.6 is 11.3 Å². The van der Waals surface area contributed by atoms with Gasteiger partial charge in [0.1, 0.15) is 23.1 Å². The number of nitrogens with zero attached hydrogens (tertiary/aromatic N) is 4. The van der Waals surface area contributed by atoms with Crippen molar-refractivity contribution in [2.45, 2.75) is 13.5 Å². The third kappa shape index (κ3) is 4.24. The molecule has 0 atom stereocenters. The minimum atomic E-state index is -0.286. The quantitative estimate of drug-likeness (QED) is 0.540. The molecule has 0 bridgehead atoms. The Balaban J connectivity index is 1.35. The van der Waals surface area contributed by atoms with E-state index in [2.05, 4.69) is 20.4 Å². The fraction of sp³-hybridized carbons (Fsp3) is 0.100. The van der Waals surface area contributed by atoms with E-state index in [0.717, 1.165) is 10.8 Å². The molecule has 1 amide bonds. The second-order valence-electron chi connectivity index (χ2n) is 6.04. The number of carbonyl (C=O) groups excluding carboxylic acids is 1. The molecule has 140 valence electrons. The van der Waals surface area contributed by atoms with E-state index in [0.29, 0.717) is 23.8 Å². The minimum Gasteiger partial charge on any atom is -0.486 e. The number of pyridine rings is 1. The predicted octanol–water partition coefficient (Wildman–Crippen LogP) is 3.86. The second kappa shape index (κ2) is 8.01. The number of thiazole rings is 1. The van der Waals surface area contributed by atoms with Crippen molar-refractivity contribution in [1.29, 1.82) is 0 Å². The monoisotopic (exact) mass is 391 g/mol. The lowest BCUT2D eigenvalue weighted by atomic mass is 10.2. The number of ether oxygens (including phenoxy) is 1.